The van der Waals surface area contributed by atoms with E-state index in [4.69, 9.17) is 5.73 Å². The first-order valence-electron chi connectivity index (χ1n) is 8.95. The zero-order valence-corrected chi connectivity index (χ0v) is 14.4. The van der Waals surface area contributed by atoms with Crippen LogP contribution in [0.2, 0.25) is 0 Å². The van der Waals surface area contributed by atoms with Crippen LogP contribution in [0.5, 0.6) is 0 Å². The van der Waals surface area contributed by atoms with Crippen molar-refractivity contribution in [2.45, 2.75) is 37.6 Å². The van der Waals surface area contributed by atoms with Crippen molar-refractivity contribution in [1.82, 2.24) is 15.2 Å². The SMILES string of the molecule is Nc1cc2cc(F)ccc2nc1C1CCN(C(=O)C2CCC(=O)N2)CC1. The van der Waals surface area contributed by atoms with E-state index in [-0.39, 0.29) is 29.6 Å². The van der Waals surface area contributed by atoms with Crippen LogP contribution in [0, 0.1) is 5.82 Å². The van der Waals surface area contributed by atoms with Crippen LogP contribution in [0.15, 0.2) is 24.3 Å². The normalized spacial score (nSPS) is 21.2. The maximum atomic E-state index is 13.4. The molecule has 2 saturated heterocycles. The Kier molecular flexibility index (Phi) is 4.22. The molecule has 3 heterocycles. The maximum absolute atomic E-state index is 13.4. The Morgan fingerprint density at radius 3 is 2.69 bits per heavy atom. The summed E-state index contributed by atoms with van der Waals surface area (Å²) in [6.07, 6.45) is 2.55. The zero-order valence-electron chi connectivity index (χ0n) is 14.4. The number of carbonyl (C=O) groups is 2. The molecular formula is C19H21FN4O2. The van der Waals surface area contributed by atoms with Gasteiger partial charge in [-0.15, -0.1) is 0 Å². The average molecular weight is 356 g/mol. The van der Waals surface area contributed by atoms with E-state index >= 15 is 0 Å². The van der Waals surface area contributed by atoms with Crippen molar-refractivity contribution in [1.29, 1.82) is 0 Å². The summed E-state index contributed by atoms with van der Waals surface area (Å²) >= 11 is 0. The van der Waals surface area contributed by atoms with Crippen molar-refractivity contribution in [2.75, 3.05) is 18.8 Å². The number of amides is 2. The summed E-state index contributed by atoms with van der Waals surface area (Å²) in [5, 5.41) is 3.43. The molecule has 1 aromatic heterocycles. The van der Waals surface area contributed by atoms with E-state index in [0.29, 0.717) is 37.0 Å². The summed E-state index contributed by atoms with van der Waals surface area (Å²) in [6, 6.07) is 5.88. The number of benzene rings is 1. The Bertz CT molecular complexity index is 877. The number of nitrogen functional groups attached to an aromatic ring is 1. The molecule has 0 aliphatic carbocycles. The molecule has 2 aliphatic rings. The van der Waals surface area contributed by atoms with E-state index in [1.54, 1.807) is 12.1 Å². The molecular weight excluding hydrogens is 335 g/mol. The summed E-state index contributed by atoms with van der Waals surface area (Å²) in [5.41, 5.74) is 8.28. The van der Waals surface area contributed by atoms with Gasteiger partial charge in [0.05, 0.1) is 16.9 Å². The first kappa shape index (κ1) is 16.8. The van der Waals surface area contributed by atoms with Gasteiger partial charge in [-0.05, 0) is 43.5 Å². The van der Waals surface area contributed by atoms with Crippen LogP contribution in [-0.2, 0) is 9.59 Å². The Balaban J connectivity index is 1.47. The van der Waals surface area contributed by atoms with Gasteiger partial charge in [-0.1, -0.05) is 0 Å². The van der Waals surface area contributed by atoms with Crippen LogP contribution in [0.1, 0.15) is 37.3 Å². The van der Waals surface area contributed by atoms with Crippen molar-refractivity contribution in [3.8, 4) is 0 Å². The fraction of sp³-hybridized carbons (Fsp3) is 0.421. The lowest BCUT2D eigenvalue weighted by Gasteiger charge is -2.33. The molecule has 6 nitrogen and oxygen atoms in total. The van der Waals surface area contributed by atoms with Crippen molar-refractivity contribution in [3.05, 3.63) is 35.8 Å². The minimum absolute atomic E-state index is 0.00391. The number of pyridine rings is 1. The van der Waals surface area contributed by atoms with Gasteiger partial charge in [-0.3, -0.25) is 14.6 Å². The molecule has 3 N–H and O–H groups in total. The van der Waals surface area contributed by atoms with Crippen LogP contribution < -0.4 is 11.1 Å². The standard InChI is InChI=1S/C19H21FN4O2/c20-13-1-2-15-12(9-13)10-14(21)18(23-15)11-5-7-24(8-6-11)19(26)16-3-4-17(25)22-16/h1-2,9-11,16H,3-8,21H2,(H,22,25). The summed E-state index contributed by atoms with van der Waals surface area (Å²) in [7, 11) is 0. The lowest BCUT2D eigenvalue weighted by molar-refractivity contribution is -0.135. The number of halogens is 1. The number of piperidine rings is 1. The van der Waals surface area contributed by atoms with E-state index in [2.05, 4.69) is 10.3 Å². The van der Waals surface area contributed by atoms with E-state index in [1.165, 1.54) is 12.1 Å². The number of nitrogens with zero attached hydrogens (tertiary/aromatic N) is 2. The number of carbonyl (C=O) groups excluding carboxylic acids is 2. The predicted octanol–water partition coefficient (Wildman–Crippen LogP) is 1.94. The van der Waals surface area contributed by atoms with Gasteiger partial charge in [0, 0.05) is 30.8 Å². The highest BCUT2D eigenvalue weighted by Gasteiger charge is 2.33. The molecule has 1 unspecified atom stereocenters. The predicted molar refractivity (Wildman–Crippen MR) is 95.8 cm³/mol. The number of hydrogen-bond donors (Lipinski definition) is 2. The van der Waals surface area contributed by atoms with Crippen LogP contribution in [-0.4, -0.2) is 40.8 Å². The molecule has 0 spiro atoms. The number of anilines is 1. The topological polar surface area (TPSA) is 88.3 Å². The fourth-order valence-electron chi connectivity index (χ4n) is 3.90. The largest absolute Gasteiger partial charge is 0.397 e. The molecule has 136 valence electrons. The molecule has 2 fully saturated rings. The van der Waals surface area contributed by atoms with Crippen molar-refractivity contribution >= 4 is 28.4 Å². The molecule has 4 rings (SSSR count). The number of aromatic nitrogens is 1. The molecule has 0 bridgehead atoms. The molecule has 0 radical (unpaired) electrons. The highest BCUT2D eigenvalue weighted by molar-refractivity contribution is 5.91. The van der Waals surface area contributed by atoms with Gasteiger partial charge < -0.3 is 16.0 Å². The number of nitrogens with two attached hydrogens (primary N) is 1. The molecule has 2 amide bonds. The maximum Gasteiger partial charge on any atom is 0.245 e. The highest BCUT2D eigenvalue weighted by Crippen LogP contribution is 2.32. The van der Waals surface area contributed by atoms with E-state index in [1.807, 2.05) is 4.90 Å². The van der Waals surface area contributed by atoms with Gasteiger partial charge >= 0.3 is 0 Å². The van der Waals surface area contributed by atoms with E-state index in [0.717, 1.165) is 24.1 Å². The highest BCUT2D eigenvalue weighted by atomic mass is 19.1. The quantitative estimate of drug-likeness (QED) is 0.861. The van der Waals surface area contributed by atoms with Crippen LogP contribution in [0.3, 0.4) is 0 Å². The van der Waals surface area contributed by atoms with Gasteiger partial charge in [0.2, 0.25) is 11.8 Å². The van der Waals surface area contributed by atoms with Crippen LogP contribution >= 0.6 is 0 Å². The summed E-state index contributed by atoms with van der Waals surface area (Å²) in [4.78, 5) is 30.3. The third kappa shape index (κ3) is 3.09. The Morgan fingerprint density at radius 1 is 1.23 bits per heavy atom. The Hall–Kier alpha value is -2.70. The van der Waals surface area contributed by atoms with Gasteiger partial charge in [0.15, 0.2) is 0 Å². The smallest absolute Gasteiger partial charge is 0.245 e. The van der Waals surface area contributed by atoms with Crippen molar-refractivity contribution in [2.24, 2.45) is 0 Å². The van der Waals surface area contributed by atoms with Gasteiger partial charge in [-0.25, -0.2) is 4.39 Å². The van der Waals surface area contributed by atoms with Gasteiger partial charge in [0.25, 0.3) is 0 Å². The average Bonchev–Trinajstić information content (AvgIpc) is 3.07. The number of hydrogen-bond acceptors (Lipinski definition) is 4. The molecule has 7 heteroatoms. The summed E-state index contributed by atoms with van der Waals surface area (Å²) in [5.74, 6) is -0.184. The molecule has 1 aromatic carbocycles. The minimum Gasteiger partial charge on any atom is -0.397 e. The van der Waals surface area contributed by atoms with Gasteiger partial charge in [-0.2, -0.15) is 0 Å². The molecule has 26 heavy (non-hydrogen) atoms. The third-order valence-corrected chi connectivity index (χ3v) is 5.32. The van der Waals surface area contributed by atoms with Crippen molar-refractivity contribution < 1.29 is 14.0 Å². The first-order chi connectivity index (χ1) is 12.5. The summed E-state index contributed by atoms with van der Waals surface area (Å²) < 4.78 is 13.4. The zero-order chi connectivity index (χ0) is 18.3. The molecule has 0 saturated carbocycles. The van der Waals surface area contributed by atoms with Crippen molar-refractivity contribution in [3.63, 3.8) is 0 Å². The van der Waals surface area contributed by atoms with Crippen LogP contribution in [0.25, 0.3) is 10.9 Å². The van der Waals surface area contributed by atoms with E-state index in [9.17, 15) is 14.0 Å². The third-order valence-electron chi connectivity index (χ3n) is 5.32. The Morgan fingerprint density at radius 2 is 2.00 bits per heavy atom. The van der Waals surface area contributed by atoms with Crippen LogP contribution in [0.4, 0.5) is 10.1 Å². The fourth-order valence-corrected chi connectivity index (χ4v) is 3.90. The number of rotatable bonds is 2. The second kappa shape index (κ2) is 6.55. The second-order valence-electron chi connectivity index (χ2n) is 7.06. The molecule has 2 aliphatic heterocycles. The lowest BCUT2D eigenvalue weighted by Crippen LogP contribution is -2.47. The van der Waals surface area contributed by atoms with Gasteiger partial charge in [0.1, 0.15) is 11.9 Å². The lowest BCUT2D eigenvalue weighted by atomic mass is 9.91. The summed E-state index contributed by atoms with van der Waals surface area (Å²) in [6.45, 7) is 1.25. The number of nitrogens with one attached hydrogen (secondary N) is 1. The molecule has 2 aromatic rings. The first-order valence-corrected chi connectivity index (χ1v) is 8.95. The van der Waals surface area contributed by atoms with E-state index < -0.39 is 0 Å². The minimum atomic E-state index is -0.377. The number of likely N-dealkylation sites (tertiary alicyclic amines) is 1. The monoisotopic (exact) mass is 356 g/mol. The number of fused-ring (bicyclic) bond motifs is 1. The second-order valence-corrected chi connectivity index (χ2v) is 7.06. The molecule has 1 atom stereocenters. The Labute approximate surface area is 150 Å².